The third kappa shape index (κ3) is 3.87. The first-order valence-corrected chi connectivity index (χ1v) is 9.30. The molecular formula is C20H19F3N2O5. The lowest BCUT2D eigenvalue weighted by Gasteiger charge is -2.34. The second-order valence-corrected chi connectivity index (χ2v) is 7.15. The minimum Gasteiger partial charge on any atom is -0.454 e. The number of aromatic nitrogens is 1. The molecule has 4 rings (SSSR count). The van der Waals surface area contributed by atoms with E-state index < -0.39 is 30.3 Å². The second kappa shape index (κ2) is 7.67. The lowest BCUT2D eigenvalue weighted by atomic mass is 10.1. The van der Waals surface area contributed by atoms with Gasteiger partial charge in [0.2, 0.25) is 6.79 Å². The van der Waals surface area contributed by atoms with Crippen LogP contribution in [-0.4, -0.2) is 54.1 Å². The van der Waals surface area contributed by atoms with E-state index in [2.05, 4.69) is 0 Å². The molecule has 1 aromatic carbocycles. The fourth-order valence-corrected chi connectivity index (χ4v) is 3.48. The van der Waals surface area contributed by atoms with Crippen LogP contribution in [0.1, 0.15) is 21.5 Å². The van der Waals surface area contributed by atoms with Gasteiger partial charge in [-0.3, -0.25) is 9.59 Å². The van der Waals surface area contributed by atoms with Gasteiger partial charge in [0.25, 0.3) is 11.5 Å². The maximum absolute atomic E-state index is 13.0. The van der Waals surface area contributed by atoms with Crippen molar-refractivity contribution in [3.05, 3.63) is 57.5 Å². The molecule has 2 aliphatic rings. The van der Waals surface area contributed by atoms with Crippen LogP contribution in [-0.2, 0) is 11.3 Å². The van der Waals surface area contributed by atoms with Gasteiger partial charge in [0, 0.05) is 12.7 Å². The molecule has 7 nitrogen and oxygen atoms in total. The van der Waals surface area contributed by atoms with Crippen LogP contribution in [0, 0.1) is 6.92 Å². The highest BCUT2D eigenvalue weighted by Gasteiger charge is 2.44. The normalized spacial score (nSPS) is 18.5. The van der Waals surface area contributed by atoms with Crippen molar-refractivity contribution in [3.63, 3.8) is 0 Å². The van der Waals surface area contributed by atoms with Crippen molar-refractivity contribution in [2.45, 2.75) is 25.7 Å². The number of amides is 1. The Kier molecular flexibility index (Phi) is 5.19. The van der Waals surface area contributed by atoms with Crippen LogP contribution in [0.5, 0.6) is 11.5 Å². The van der Waals surface area contributed by atoms with Crippen molar-refractivity contribution in [2.75, 3.05) is 26.5 Å². The molecule has 10 heteroatoms. The Bertz CT molecular complexity index is 1030. The molecule has 0 saturated carbocycles. The summed E-state index contributed by atoms with van der Waals surface area (Å²) >= 11 is 0. The maximum Gasteiger partial charge on any atom is 0.416 e. The smallest absolute Gasteiger partial charge is 0.416 e. The van der Waals surface area contributed by atoms with Crippen molar-refractivity contribution in [1.29, 1.82) is 0 Å². The number of pyridine rings is 1. The third-order valence-electron chi connectivity index (χ3n) is 5.10. The van der Waals surface area contributed by atoms with Crippen molar-refractivity contribution in [1.82, 2.24) is 9.47 Å². The first kappa shape index (κ1) is 20.3. The number of rotatable bonds is 3. The van der Waals surface area contributed by atoms with Crippen molar-refractivity contribution in [3.8, 4) is 11.5 Å². The van der Waals surface area contributed by atoms with E-state index in [4.69, 9.17) is 14.2 Å². The van der Waals surface area contributed by atoms with E-state index in [0.717, 1.165) is 10.5 Å². The van der Waals surface area contributed by atoms with Gasteiger partial charge in [0.15, 0.2) is 17.6 Å². The largest absolute Gasteiger partial charge is 0.454 e. The van der Waals surface area contributed by atoms with E-state index in [-0.39, 0.29) is 32.1 Å². The fourth-order valence-electron chi connectivity index (χ4n) is 3.48. The highest BCUT2D eigenvalue weighted by molar-refractivity contribution is 5.95. The van der Waals surface area contributed by atoms with E-state index in [1.807, 2.05) is 0 Å². The molecule has 1 unspecified atom stereocenters. The van der Waals surface area contributed by atoms with Crippen LogP contribution in [0.3, 0.4) is 0 Å². The van der Waals surface area contributed by atoms with Gasteiger partial charge < -0.3 is 23.7 Å². The van der Waals surface area contributed by atoms with Gasteiger partial charge in [-0.15, -0.1) is 0 Å². The van der Waals surface area contributed by atoms with E-state index in [1.54, 1.807) is 37.4 Å². The zero-order valence-corrected chi connectivity index (χ0v) is 16.1. The Morgan fingerprint density at radius 2 is 1.97 bits per heavy atom. The lowest BCUT2D eigenvalue weighted by molar-refractivity contribution is -0.233. The SMILES string of the molecule is Cc1ccn(Cc2ccc3c(c2)OCO3)c(=O)c1C(=O)N1CCOC(C(F)(F)F)C1. The number of carbonyl (C=O) groups excluding carboxylic acids is 1. The highest BCUT2D eigenvalue weighted by atomic mass is 19.4. The number of hydrogen-bond acceptors (Lipinski definition) is 5. The predicted molar refractivity (Wildman–Crippen MR) is 98.8 cm³/mol. The zero-order valence-electron chi connectivity index (χ0n) is 16.1. The summed E-state index contributed by atoms with van der Waals surface area (Å²) in [6, 6.07) is 6.85. The number of alkyl halides is 3. The van der Waals surface area contributed by atoms with Gasteiger partial charge in [-0.25, -0.2) is 0 Å². The van der Waals surface area contributed by atoms with Crippen molar-refractivity contribution in [2.24, 2.45) is 0 Å². The molecule has 0 aliphatic carbocycles. The summed E-state index contributed by atoms with van der Waals surface area (Å²) in [6.07, 6.45) is -5.09. The molecule has 0 N–H and O–H groups in total. The molecule has 160 valence electrons. The molecule has 1 saturated heterocycles. The molecule has 0 bridgehead atoms. The Morgan fingerprint density at radius 1 is 1.20 bits per heavy atom. The van der Waals surface area contributed by atoms with Gasteiger partial charge in [0.1, 0.15) is 5.56 Å². The lowest BCUT2D eigenvalue weighted by Crippen LogP contribution is -2.52. The molecule has 0 radical (unpaired) electrons. The van der Waals surface area contributed by atoms with Crippen molar-refractivity contribution < 1.29 is 32.2 Å². The standard InChI is InChI=1S/C20H19F3N2O5/c1-12-4-5-24(9-13-2-3-14-15(8-13)30-11-29-14)18(26)17(12)19(27)25-6-7-28-16(10-25)20(21,22)23/h2-5,8,16H,6-7,9-11H2,1H3. The van der Waals surface area contributed by atoms with Gasteiger partial charge in [0.05, 0.1) is 19.7 Å². The van der Waals surface area contributed by atoms with Crippen LogP contribution < -0.4 is 15.0 Å². The minimum atomic E-state index is -4.58. The molecule has 3 heterocycles. The minimum absolute atomic E-state index is 0.0126. The van der Waals surface area contributed by atoms with E-state index in [0.29, 0.717) is 17.1 Å². The van der Waals surface area contributed by atoms with Gasteiger partial charge >= 0.3 is 6.18 Å². The molecular weight excluding hydrogens is 405 g/mol. The topological polar surface area (TPSA) is 70.0 Å². The van der Waals surface area contributed by atoms with Crippen LogP contribution >= 0.6 is 0 Å². The Labute approximate surface area is 169 Å². The molecule has 0 spiro atoms. The highest BCUT2D eigenvalue weighted by Crippen LogP contribution is 2.32. The fraction of sp³-hybridized carbons (Fsp3) is 0.400. The van der Waals surface area contributed by atoms with Crippen molar-refractivity contribution >= 4 is 5.91 Å². The Hall–Kier alpha value is -3.01. The molecule has 1 amide bonds. The molecule has 30 heavy (non-hydrogen) atoms. The summed E-state index contributed by atoms with van der Waals surface area (Å²) in [5.41, 5.74) is 0.461. The number of halogens is 3. The Morgan fingerprint density at radius 3 is 2.73 bits per heavy atom. The summed E-state index contributed by atoms with van der Waals surface area (Å²) in [7, 11) is 0. The monoisotopic (exact) mass is 424 g/mol. The summed E-state index contributed by atoms with van der Waals surface area (Å²) in [4.78, 5) is 26.9. The number of nitrogens with zero attached hydrogens (tertiary/aromatic N) is 2. The first-order valence-electron chi connectivity index (χ1n) is 9.30. The average Bonchev–Trinajstić information content (AvgIpc) is 3.17. The number of aryl methyl sites for hydroxylation is 1. The first-order chi connectivity index (χ1) is 14.2. The number of morpholine rings is 1. The van der Waals surface area contributed by atoms with E-state index >= 15 is 0 Å². The number of benzene rings is 1. The average molecular weight is 424 g/mol. The maximum atomic E-state index is 13.0. The summed E-state index contributed by atoms with van der Waals surface area (Å²) in [6.45, 7) is 0.985. The second-order valence-electron chi connectivity index (χ2n) is 7.15. The predicted octanol–water partition coefficient (Wildman–Crippen LogP) is 2.34. The van der Waals surface area contributed by atoms with Gasteiger partial charge in [-0.05, 0) is 36.2 Å². The molecule has 2 aliphatic heterocycles. The summed E-state index contributed by atoms with van der Waals surface area (Å²) in [5.74, 6) is 0.447. The van der Waals surface area contributed by atoms with Gasteiger partial charge in [-0.2, -0.15) is 13.2 Å². The number of hydrogen-bond donors (Lipinski definition) is 0. The quantitative estimate of drug-likeness (QED) is 0.757. The molecule has 1 atom stereocenters. The molecule has 1 fully saturated rings. The van der Waals surface area contributed by atoms with E-state index in [1.165, 1.54) is 4.57 Å². The summed E-state index contributed by atoms with van der Waals surface area (Å²) < 4.78 is 55.7. The van der Waals surface area contributed by atoms with Crippen LogP contribution in [0.4, 0.5) is 13.2 Å². The molecule has 1 aromatic heterocycles. The number of ether oxygens (including phenoxy) is 3. The van der Waals surface area contributed by atoms with Crippen LogP contribution in [0.15, 0.2) is 35.3 Å². The number of fused-ring (bicyclic) bond motifs is 1. The van der Waals surface area contributed by atoms with Gasteiger partial charge in [-0.1, -0.05) is 6.07 Å². The third-order valence-corrected chi connectivity index (χ3v) is 5.10. The Balaban J connectivity index is 1.60. The van der Waals surface area contributed by atoms with Crippen LogP contribution in [0.25, 0.3) is 0 Å². The summed E-state index contributed by atoms with van der Waals surface area (Å²) in [5, 5.41) is 0. The number of carbonyl (C=O) groups is 1. The zero-order chi connectivity index (χ0) is 21.5. The van der Waals surface area contributed by atoms with Crippen LogP contribution in [0.2, 0.25) is 0 Å². The van der Waals surface area contributed by atoms with E-state index in [9.17, 15) is 22.8 Å². The molecule has 2 aromatic rings.